The minimum Gasteiger partial charge on any atom is -0.496 e. The summed E-state index contributed by atoms with van der Waals surface area (Å²) in [6, 6.07) is 6.46. The maximum absolute atomic E-state index is 12.7. The zero-order chi connectivity index (χ0) is 23.1. The summed E-state index contributed by atoms with van der Waals surface area (Å²) in [6.45, 7) is 3.97. The number of rotatable bonds is 5. The van der Waals surface area contributed by atoms with Gasteiger partial charge in [0.25, 0.3) is 12.3 Å². The zero-order valence-corrected chi connectivity index (χ0v) is 17.1. The Morgan fingerprint density at radius 3 is 2.52 bits per heavy atom. The average Bonchev–Trinajstić information content (AvgIpc) is 3.06. The van der Waals surface area contributed by atoms with Crippen LogP contribution in [0, 0.1) is 11.7 Å². The number of methoxy groups -OCH3 is 1. The summed E-state index contributed by atoms with van der Waals surface area (Å²) in [6.07, 6.45) is -1.25. The molecule has 1 amide bonds. The topological polar surface area (TPSA) is 97.8 Å². The number of nitrogens with one attached hydrogen (secondary N) is 1. The Balaban J connectivity index is 0.000000245. The van der Waals surface area contributed by atoms with Gasteiger partial charge in [-0.1, -0.05) is 13.0 Å². The number of aromatic nitrogens is 1. The van der Waals surface area contributed by atoms with E-state index in [2.05, 4.69) is 15.0 Å². The fourth-order valence-electron chi connectivity index (χ4n) is 2.90. The molecule has 7 nitrogen and oxygen atoms in total. The lowest BCUT2D eigenvalue weighted by atomic mass is 10.0. The van der Waals surface area contributed by atoms with Gasteiger partial charge in [0.05, 0.1) is 18.8 Å². The summed E-state index contributed by atoms with van der Waals surface area (Å²) < 4.78 is 47.1. The number of benzene rings is 1. The van der Waals surface area contributed by atoms with Crippen molar-refractivity contribution in [3.63, 3.8) is 0 Å². The zero-order valence-electron chi connectivity index (χ0n) is 17.1. The maximum atomic E-state index is 12.7. The van der Waals surface area contributed by atoms with Gasteiger partial charge in [-0.25, -0.2) is 22.9 Å². The van der Waals surface area contributed by atoms with Crippen LogP contribution in [-0.2, 0) is 9.53 Å². The van der Waals surface area contributed by atoms with Crippen molar-refractivity contribution >= 4 is 17.6 Å². The summed E-state index contributed by atoms with van der Waals surface area (Å²) in [5, 5.41) is 11.5. The third kappa shape index (κ3) is 6.42. The Hall–Kier alpha value is -3.14. The predicted octanol–water partition coefficient (Wildman–Crippen LogP) is 4.30. The number of hydrogen-bond acceptors (Lipinski definition) is 5. The van der Waals surface area contributed by atoms with E-state index in [1.54, 1.807) is 6.07 Å². The summed E-state index contributed by atoms with van der Waals surface area (Å²) in [5.74, 6) is -2.11. The molecule has 2 heterocycles. The monoisotopic (exact) mass is 440 g/mol. The van der Waals surface area contributed by atoms with Gasteiger partial charge in [-0.2, -0.15) is 0 Å². The summed E-state index contributed by atoms with van der Waals surface area (Å²) >= 11 is 0. The van der Waals surface area contributed by atoms with Gasteiger partial charge in [0.1, 0.15) is 23.4 Å². The smallest absolute Gasteiger partial charge is 0.354 e. The lowest BCUT2D eigenvalue weighted by Gasteiger charge is -2.11. The van der Waals surface area contributed by atoms with Crippen molar-refractivity contribution in [1.82, 2.24) is 4.98 Å². The van der Waals surface area contributed by atoms with Crippen LogP contribution in [0.25, 0.3) is 0 Å². The lowest BCUT2D eigenvalue weighted by molar-refractivity contribution is -0.126. The van der Waals surface area contributed by atoms with Crippen molar-refractivity contribution < 1.29 is 37.3 Å². The van der Waals surface area contributed by atoms with Crippen LogP contribution in [0.4, 0.5) is 18.9 Å². The first-order chi connectivity index (χ1) is 14.6. The van der Waals surface area contributed by atoms with E-state index >= 15 is 0 Å². The minimum atomic E-state index is -2.85. The van der Waals surface area contributed by atoms with E-state index in [-0.39, 0.29) is 23.5 Å². The van der Waals surface area contributed by atoms with E-state index in [0.717, 1.165) is 6.07 Å². The molecule has 0 spiro atoms. The van der Waals surface area contributed by atoms with Gasteiger partial charge in [0.15, 0.2) is 0 Å². The predicted molar refractivity (Wildman–Crippen MR) is 106 cm³/mol. The van der Waals surface area contributed by atoms with E-state index in [9.17, 15) is 22.8 Å². The molecule has 168 valence electrons. The number of carbonyl (C=O) groups is 2. The standard InChI is InChI=1S/C13H16N2O4.C8H7F3O/c1-7-5-11(19-8(7)2)12(16)15-9-3-4-14-10(6-9)13(17)18;1-12-6-4-2-3-5(9)7(6)8(10)11/h3-4,6-8,11H,5H2,1-2H3,(H,17,18)(H,14,15,16);2-4,8H,1H3. The Morgan fingerprint density at radius 1 is 1.29 bits per heavy atom. The van der Waals surface area contributed by atoms with Crippen molar-refractivity contribution in [3.05, 3.63) is 53.6 Å². The molecule has 3 atom stereocenters. The Bertz CT molecular complexity index is 916. The molecule has 10 heteroatoms. The fourth-order valence-corrected chi connectivity index (χ4v) is 2.90. The van der Waals surface area contributed by atoms with Gasteiger partial charge in [0.2, 0.25) is 0 Å². The number of amides is 1. The second kappa shape index (κ2) is 10.8. The van der Waals surface area contributed by atoms with E-state index in [0.29, 0.717) is 18.0 Å². The molecule has 1 fully saturated rings. The van der Waals surface area contributed by atoms with Gasteiger partial charge in [-0.05, 0) is 43.5 Å². The van der Waals surface area contributed by atoms with Gasteiger partial charge >= 0.3 is 5.97 Å². The van der Waals surface area contributed by atoms with Crippen LogP contribution in [0.2, 0.25) is 0 Å². The summed E-state index contributed by atoms with van der Waals surface area (Å²) in [7, 11) is 1.22. The van der Waals surface area contributed by atoms with Gasteiger partial charge in [-0.15, -0.1) is 0 Å². The molecule has 0 saturated carbocycles. The van der Waals surface area contributed by atoms with E-state index in [4.69, 9.17) is 9.84 Å². The average molecular weight is 440 g/mol. The number of alkyl halides is 2. The molecule has 1 saturated heterocycles. The molecule has 1 aliphatic heterocycles. The third-order valence-corrected chi connectivity index (χ3v) is 4.76. The Labute approximate surface area is 177 Å². The molecule has 0 aliphatic carbocycles. The Morgan fingerprint density at radius 2 is 2.00 bits per heavy atom. The molecule has 3 unspecified atom stereocenters. The molecule has 1 aromatic carbocycles. The largest absolute Gasteiger partial charge is 0.496 e. The second-order valence-electron chi connectivity index (χ2n) is 6.92. The van der Waals surface area contributed by atoms with Crippen molar-refractivity contribution in [2.24, 2.45) is 5.92 Å². The number of carboxylic acid groups (broad SMARTS) is 1. The van der Waals surface area contributed by atoms with Crippen LogP contribution >= 0.6 is 0 Å². The van der Waals surface area contributed by atoms with Crippen molar-refractivity contribution in [2.45, 2.75) is 38.9 Å². The fraction of sp³-hybridized carbons (Fsp3) is 0.381. The first kappa shape index (κ1) is 24.1. The number of anilines is 1. The van der Waals surface area contributed by atoms with Crippen LogP contribution in [0.1, 0.15) is 42.7 Å². The summed E-state index contributed by atoms with van der Waals surface area (Å²) in [4.78, 5) is 26.5. The number of halogens is 3. The van der Waals surface area contributed by atoms with Crippen LogP contribution in [0.3, 0.4) is 0 Å². The highest BCUT2D eigenvalue weighted by Gasteiger charge is 2.33. The van der Waals surface area contributed by atoms with Crippen LogP contribution < -0.4 is 10.1 Å². The molecule has 2 aromatic rings. The number of hydrogen-bond donors (Lipinski definition) is 2. The molecule has 3 rings (SSSR count). The molecular weight excluding hydrogens is 417 g/mol. The van der Waals surface area contributed by atoms with Crippen molar-refractivity contribution in [3.8, 4) is 5.75 Å². The molecule has 2 N–H and O–H groups in total. The number of nitrogens with zero attached hydrogens (tertiary/aromatic N) is 1. The molecule has 1 aliphatic rings. The van der Waals surface area contributed by atoms with Crippen LogP contribution in [-0.4, -0.2) is 41.3 Å². The molecule has 0 bridgehead atoms. The molecule has 0 radical (unpaired) electrons. The van der Waals surface area contributed by atoms with Gasteiger partial charge in [-0.3, -0.25) is 4.79 Å². The molecule has 1 aromatic heterocycles. The molecule has 31 heavy (non-hydrogen) atoms. The number of carboxylic acids is 1. The van der Waals surface area contributed by atoms with E-state index in [1.165, 1.54) is 31.5 Å². The normalized spacial score (nSPS) is 20.0. The maximum Gasteiger partial charge on any atom is 0.354 e. The number of pyridine rings is 1. The molecular formula is C21H23F3N2O5. The van der Waals surface area contributed by atoms with Crippen LogP contribution in [0.15, 0.2) is 36.5 Å². The minimum absolute atomic E-state index is 0.0581. The van der Waals surface area contributed by atoms with Gasteiger partial charge < -0.3 is 19.9 Å². The first-order valence-electron chi connectivity index (χ1n) is 9.40. The lowest BCUT2D eigenvalue weighted by Crippen LogP contribution is -2.27. The Kier molecular flexibility index (Phi) is 8.38. The highest BCUT2D eigenvalue weighted by atomic mass is 19.3. The van der Waals surface area contributed by atoms with Crippen LogP contribution in [0.5, 0.6) is 5.75 Å². The number of carbonyl (C=O) groups excluding carboxylic acids is 1. The van der Waals surface area contributed by atoms with Crippen molar-refractivity contribution in [1.29, 1.82) is 0 Å². The highest BCUT2D eigenvalue weighted by molar-refractivity contribution is 5.95. The number of aromatic carboxylic acids is 1. The third-order valence-electron chi connectivity index (χ3n) is 4.76. The quantitative estimate of drug-likeness (QED) is 0.719. The number of ether oxygens (including phenoxy) is 2. The van der Waals surface area contributed by atoms with Crippen molar-refractivity contribution in [2.75, 3.05) is 12.4 Å². The van der Waals surface area contributed by atoms with E-state index in [1.807, 2.05) is 13.8 Å². The van der Waals surface area contributed by atoms with E-state index < -0.39 is 29.9 Å². The van der Waals surface area contributed by atoms with Gasteiger partial charge in [0, 0.05) is 11.9 Å². The first-order valence-corrected chi connectivity index (χ1v) is 9.40. The second-order valence-corrected chi connectivity index (χ2v) is 6.92. The highest BCUT2D eigenvalue weighted by Crippen LogP contribution is 2.30. The summed E-state index contributed by atoms with van der Waals surface area (Å²) in [5.41, 5.74) is -0.375. The SMILES string of the molecule is CC1CC(C(=O)Nc2ccnc(C(=O)O)c2)OC1C.COc1cccc(F)c1C(F)F.